The van der Waals surface area contributed by atoms with Crippen LogP contribution in [0.25, 0.3) is 0 Å². The Morgan fingerprint density at radius 3 is 2.72 bits per heavy atom. The average molecular weight is 358 g/mol. The van der Waals surface area contributed by atoms with E-state index in [1.165, 1.54) is 0 Å². The highest BCUT2D eigenvalue weighted by atomic mass is 35.5. The summed E-state index contributed by atoms with van der Waals surface area (Å²) in [5, 5.41) is 3.25. The van der Waals surface area contributed by atoms with Crippen LogP contribution in [-0.2, 0) is 11.3 Å². The average Bonchev–Trinajstić information content (AvgIpc) is 3.45. The normalized spacial score (nSPS) is 13.4. The number of hydrogen-bond acceptors (Lipinski definition) is 3. The van der Waals surface area contributed by atoms with Crippen molar-refractivity contribution < 1.29 is 9.59 Å². The Labute approximate surface area is 152 Å². The van der Waals surface area contributed by atoms with Gasteiger partial charge in [0.25, 0.3) is 5.91 Å². The molecule has 0 aliphatic heterocycles. The number of rotatable bonds is 6. The molecule has 0 spiro atoms. The number of nitrogens with one attached hydrogen (secondary N) is 1. The molecule has 1 aliphatic rings. The molecule has 25 heavy (non-hydrogen) atoms. The van der Waals surface area contributed by atoms with Gasteiger partial charge in [-0.3, -0.25) is 14.6 Å². The van der Waals surface area contributed by atoms with Crippen LogP contribution in [0.4, 0.5) is 5.69 Å². The van der Waals surface area contributed by atoms with Gasteiger partial charge in [-0.1, -0.05) is 24.6 Å². The molecule has 1 aromatic carbocycles. The number of anilines is 1. The van der Waals surface area contributed by atoms with E-state index in [2.05, 4.69) is 10.3 Å². The Kier molecular flexibility index (Phi) is 5.34. The highest BCUT2D eigenvalue weighted by Crippen LogP contribution is 2.31. The van der Waals surface area contributed by atoms with Crippen molar-refractivity contribution in [3.05, 3.63) is 58.9 Å². The van der Waals surface area contributed by atoms with Gasteiger partial charge in [0.05, 0.1) is 23.5 Å². The molecule has 2 aromatic rings. The first kappa shape index (κ1) is 17.4. The van der Waals surface area contributed by atoms with E-state index in [-0.39, 0.29) is 17.9 Å². The van der Waals surface area contributed by atoms with Crippen LogP contribution in [0.15, 0.2) is 42.6 Å². The zero-order valence-corrected chi connectivity index (χ0v) is 14.8. The summed E-state index contributed by atoms with van der Waals surface area (Å²) in [7, 11) is 0. The zero-order valence-electron chi connectivity index (χ0n) is 14.0. The number of amides is 2. The van der Waals surface area contributed by atoms with Crippen LogP contribution in [0.3, 0.4) is 0 Å². The van der Waals surface area contributed by atoms with Gasteiger partial charge in [0.15, 0.2) is 0 Å². The molecule has 130 valence electrons. The molecule has 1 N–H and O–H groups in total. The SMILES string of the molecule is CCC(=O)Nc1cc(Cl)ccc1C(=O)N(Cc1ccccn1)C1CC1. The number of carbonyl (C=O) groups excluding carboxylic acids is 2. The third kappa shape index (κ3) is 4.37. The molecule has 0 unspecified atom stereocenters. The third-order valence-electron chi connectivity index (χ3n) is 4.11. The topological polar surface area (TPSA) is 62.3 Å². The van der Waals surface area contributed by atoms with Crippen molar-refractivity contribution in [2.45, 2.75) is 38.8 Å². The van der Waals surface area contributed by atoms with E-state index in [9.17, 15) is 9.59 Å². The molecule has 0 bridgehead atoms. The fraction of sp³-hybridized carbons (Fsp3) is 0.316. The molecule has 0 atom stereocenters. The summed E-state index contributed by atoms with van der Waals surface area (Å²) in [6.07, 6.45) is 4.03. The molecule has 5 nitrogen and oxygen atoms in total. The number of carbonyl (C=O) groups is 2. The van der Waals surface area contributed by atoms with E-state index >= 15 is 0 Å². The van der Waals surface area contributed by atoms with E-state index in [1.807, 2.05) is 23.1 Å². The van der Waals surface area contributed by atoms with Crippen LogP contribution in [0.5, 0.6) is 0 Å². The van der Waals surface area contributed by atoms with Crippen LogP contribution in [0, 0.1) is 0 Å². The second-order valence-corrected chi connectivity index (χ2v) is 6.51. The number of pyridine rings is 1. The predicted molar refractivity (Wildman–Crippen MR) is 97.5 cm³/mol. The highest BCUT2D eigenvalue weighted by Gasteiger charge is 2.34. The molecule has 3 rings (SSSR count). The van der Waals surface area contributed by atoms with E-state index < -0.39 is 0 Å². The largest absolute Gasteiger partial charge is 0.330 e. The van der Waals surface area contributed by atoms with Gasteiger partial charge >= 0.3 is 0 Å². The van der Waals surface area contributed by atoms with Gasteiger partial charge in [-0.05, 0) is 43.2 Å². The summed E-state index contributed by atoms with van der Waals surface area (Å²) in [6.45, 7) is 2.22. The van der Waals surface area contributed by atoms with Crippen molar-refractivity contribution in [3.63, 3.8) is 0 Å². The fourth-order valence-corrected chi connectivity index (χ4v) is 2.79. The maximum atomic E-state index is 13.1. The lowest BCUT2D eigenvalue weighted by molar-refractivity contribution is -0.115. The van der Waals surface area contributed by atoms with Crippen LogP contribution in [0.1, 0.15) is 42.2 Å². The van der Waals surface area contributed by atoms with Gasteiger partial charge in [0, 0.05) is 23.7 Å². The highest BCUT2D eigenvalue weighted by molar-refractivity contribution is 6.31. The van der Waals surface area contributed by atoms with Crippen LogP contribution >= 0.6 is 11.6 Å². The van der Waals surface area contributed by atoms with Crippen LogP contribution in [-0.4, -0.2) is 27.7 Å². The second kappa shape index (κ2) is 7.66. The minimum atomic E-state index is -0.154. The molecule has 1 heterocycles. The molecular formula is C19H20ClN3O2. The number of halogens is 1. The van der Waals surface area contributed by atoms with Crippen molar-refractivity contribution in [2.24, 2.45) is 0 Å². The lowest BCUT2D eigenvalue weighted by Crippen LogP contribution is -2.33. The van der Waals surface area contributed by atoms with Crippen LogP contribution in [0.2, 0.25) is 5.02 Å². The van der Waals surface area contributed by atoms with Crippen molar-refractivity contribution >= 4 is 29.1 Å². The first-order valence-electron chi connectivity index (χ1n) is 8.38. The van der Waals surface area contributed by atoms with Crippen LogP contribution < -0.4 is 5.32 Å². The Morgan fingerprint density at radius 2 is 2.08 bits per heavy atom. The molecule has 1 aromatic heterocycles. The second-order valence-electron chi connectivity index (χ2n) is 6.08. The van der Waals surface area contributed by atoms with E-state index in [4.69, 9.17) is 11.6 Å². The monoisotopic (exact) mass is 357 g/mol. The first-order chi connectivity index (χ1) is 12.1. The van der Waals surface area contributed by atoms with Crippen molar-refractivity contribution in [1.29, 1.82) is 0 Å². The number of benzene rings is 1. The quantitative estimate of drug-likeness (QED) is 0.853. The molecule has 1 fully saturated rings. The minimum Gasteiger partial charge on any atom is -0.330 e. The number of aromatic nitrogens is 1. The summed E-state index contributed by atoms with van der Waals surface area (Å²) in [6, 6.07) is 10.8. The summed E-state index contributed by atoms with van der Waals surface area (Å²) < 4.78 is 0. The van der Waals surface area contributed by atoms with E-state index in [0.717, 1.165) is 18.5 Å². The number of nitrogens with zero attached hydrogens (tertiary/aromatic N) is 2. The minimum absolute atomic E-state index is 0.115. The van der Waals surface area contributed by atoms with Crippen molar-refractivity contribution in [1.82, 2.24) is 9.88 Å². The summed E-state index contributed by atoms with van der Waals surface area (Å²) in [5.41, 5.74) is 1.75. The van der Waals surface area contributed by atoms with Crippen molar-refractivity contribution in [2.75, 3.05) is 5.32 Å². The van der Waals surface area contributed by atoms with Gasteiger partial charge in [0.1, 0.15) is 0 Å². The lowest BCUT2D eigenvalue weighted by Gasteiger charge is -2.23. The first-order valence-corrected chi connectivity index (χ1v) is 8.76. The molecule has 1 saturated carbocycles. The third-order valence-corrected chi connectivity index (χ3v) is 4.35. The lowest BCUT2D eigenvalue weighted by atomic mass is 10.1. The van der Waals surface area contributed by atoms with Gasteiger partial charge in [-0.25, -0.2) is 0 Å². The van der Waals surface area contributed by atoms with Gasteiger partial charge < -0.3 is 10.2 Å². The van der Waals surface area contributed by atoms with E-state index in [1.54, 1.807) is 31.3 Å². The maximum Gasteiger partial charge on any atom is 0.256 e. The van der Waals surface area contributed by atoms with Gasteiger partial charge in [-0.2, -0.15) is 0 Å². The summed E-state index contributed by atoms with van der Waals surface area (Å²) >= 11 is 6.05. The number of hydrogen-bond donors (Lipinski definition) is 1. The summed E-state index contributed by atoms with van der Waals surface area (Å²) in [5.74, 6) is -0.268. The Hall–Kier alpha value is -2.40. The van der Waals surface area contributed by atoms with Crippen molar-refractivity contribution in [3.8, 4) is 0 Å². The Bertz CT molecular complexity index is 775. The maximum absolute atomic E-state index is 13.1. The van der Waals surface area contributed by atoms with Gasteiger partial charge in [0.2, 0.25) is 5.91 Å². The predicted octanol–water partition coefficient (Wildman–Crippen LogP) is 3.89. The molecule has 0 saturated heterocycles. The smallest absolute Gasteiger partial charge is 0.256 e. The Balaban J connectivity index is 1.88. The fourth-order valence-electron chi connectivity index (χ4n) is 2.62. The summed E-state index contributed by atoms with van der Waals surface area (Å²) in [4.78, 5) is 31.1. The molecular weight excluding hydrogens is 338 g/mol. The van der Waals surface area contributed by atoms with E-state index in [0.29, 0.717) is 29.2 Å². The zero-order chi connectivity index (χ0) is 17.8. The molecule has 2 amide bonds. The Morgan fingerprint density at radius 1 is 1.28 bits per heavy atom. The molecule has 1 aliphatic carbocycles. The molecule has 0 radical (unpaired) electrons. The van der Waals surface area contributed by atoms with Gasteiger partial charge in [-0.15, -0.1) is 0 Å². The standard InChI is InChI=1S/C19H20ClN3O2/c1-2-18(24)22-17-11-13(20)6-9-16(17)19(25)23(15-7-8-15)12-14-5-3-4-10-21-14/h3-6,9-11,15H,2,7-8,12H2,1H3,(H,22,24). The molecule has 6 heteroatoms.